The average molecular weight is 343 g/mol. The summed E-state index contributed by atoms with van der Waals surface area (Å²) in [5, 5.41) is 4.16. The smallest absolute Gasteiger partial charge is 0.237 e. The molecule has 1 fully saturated rings. The van der Waals surface area contributed by atoms with Crippen LogP contribution in [0.5, 0.6) is 0 Å². The maximum Gasteiger partial charge on any atom is 0.237 e. The number of thiazole rings is 1. The van der Waals surface area contributed by atoms with Crippen molar-refractivity contribution in [3.05, 3.63) is 52.0 Å². The number of hydrogen-bond acceptors (Lipinski definition) is 4. The number of nitrogens with zero attached hydrogens (tertiary/aromatic N) is 2. The molecule has 1 aliphatic rings. The van der Waals surface area contributed by atoms with Gasteiger partial charge in [-0.15, -0.1) is 11.3 Å². The fourth-order valence-corrected chi connectivity index (χ4v) is 3.97. The van der Waals surface area contributed by atoms with Crippen molar-refractivity contribution in [2.24, 2.45) is 0 Å². The average Bonchev–Trinajstić information content (AvgIpc) is 2.98. The highest BCUT2D eigenvalue weighted by Gasteiger charge is 2.29. The molecule has 3 rings (SSSR count). The molecular formula is C19H25N3OS. The molecule has 4 nitrogen and oxygen atoms in total. The van der Waals surface area contributed by atoms with Crippen molar-refractivity contribution in [1.82, 2.24) is 15.2 Å². The third-order valence-electron chi connectivity index (χ3n) is 4.42. The molecule has 5 heteroatoms. The molecule has 0 radical (unpaired) electrons. The van der Waals surface area contributed by atoms with Gasteiger partial charge >= 0.3 is 0 Å². The van der Waals surface area contributed by atoms with Crippen LogP contribution < -0.4 is 5.32 Å². The molecule has 1 aliphatic heterocycles. The Bertz CT molecular complexity index is 668. The summed E-state index contributed by atoms with van der Waals surface area (Å²) in [6, 6.07) is 10.1. The standard InChI is InChI=1S/C19H25N3OS/c1-14(2)17-12-21-18(24-17)13-22-10-6-9-20-19(23)16(22)11-15-7-4-3-5-8-15/h3-5,7-8,12,14,16H,6,9-11,13H2,1-2H3,(H,20,23). The van der Waals surface area contributed by atoms with E-state index in [1.807, 2.05) is 24.4 Å². The Morgan fingerprint density at radius 2 is 2.12 bits per heavy atom. The van der Waals surface area contributed by atoms with E-state index in [-0.39, 0.29) is 11.9 Å². The molecule has 24 heavy (non-hydrogen) atoms. The molecule has 128 valence electrons. The first-order valence-electron chi connectivity index (χ1n) is 8.64. The van der Waals surface area contributed by atoms with E-state index in [9.17, 15) is 4.79 Å². The molecule has 2 heterocycles. The third-order valence-corrected chi connectivity index (χ3v) is 5.70. The van der Waals surface area contributed by atoms with Crippen LogP contribution in [0.3, 0.4) is 0 Å². The van der Waals surface area contributed by atoms with Crippen LogP contribution in [0, 0.1) is 0 Å². The van der Waals surface area contributed by atoms with Crippen molar-refractivity contribution in [2.75, 3.05) is 13.1 Å². The Labute approximate surface area is 147 Å². The first-order chi connectivity index (χ1) is 11.6. The van der Waals surface area contributed by atoms with Crippen LogP contribution in [0.25, 0.3) is 0 Å². The summed E-state index contributed by atoms with van der Waals surface area (Å²) < 4.78 is 0. The van der Waals surface area contributed by atoms with Crippen LogP contribution in [0.4, 0.5) is 0 Å². The van der Waals surface area contributed by atoms with Gasteiger partial charge in [-0.1, -0.05) is 44.2 Å². The van der Waals surface area contributed by atoms with Gasteiger partial charge in [0.1, 0.15) is 5.01 Å². The van der Waals surface area contributed by atoms with Crippen LogP contribution >= 0.6 is 11.3 Å². The van der Waals surface area contributed by atoms with Gasteiger partial charge in [0.2, 0.25) is 5.91 Å². The zero-order valence-electron chi connectivity index (χ0n) is 14.4. The quantitative estimate of drug-likeness (QED) is 0.907. The van der Waals surface area contributed by atoms with Gasteiger partial charge in [0.05, 0.1) is 12.6 Å². The van der Waals surface area contributed by atoms with E-state index in [0.717, 1.165) is 37.5 Å². The molecule has 0 bridgehead atoms. The Hall–Kier alpha value is -1.72. The minimum absolute atomic E-state index is 0.124. The molecule has 1 unspecified atom stereocenters. The predicted octanol–water partition coefficient (Wildman–Crippen LogP) is 3.20. The first kappa shape index (κ1) is 17.1. The molecule has 1 aromatic carbocycles. The fourth-order valence-electron chi connectivity index (χ4n) is 3.02. The maximum atomic E-state index is 12.6. The highest BCUT2D eigenvalue weighted by Crippen LogP contribution is 2.24. The summed E-state index contributed by atoms with van der Waals surface area (Å²) in [6.45, 7) is 6.81. The van der Waals surface area contributed by atoms with Gasteiger partial charge in [0.15, 0.2) is 0 Å². The summed E-state index contributed by atoms with van der Waals surface area (Å²) in [7, 11) is 0. The number of nitrogens with one attached hydrogen (secondary N) is 1. The first-order valence-corrected chi connectivity index (χ1v) is 9.45. The maximum absolute atomic E-state index is 12.6. The second-order valence-corrected chi connectivity index (χ2v) is 7.78. The van der Waals surface area contributed by atoms with Gasteiger partial charge < -0.3 is 5.32 Å². The van der Waals surface area contributed by atoms with Crippen molar-refractivity contribution in [3.63, 3.8) is 0 Å². The minimum Gasteiger partial charge on any atom is -0.355 e. The van der Waals surface area contributed by atoms with Crippen LogP contribution in [0.1, 0.15) is 41.6 Å². The minimum atomic E-state index is -0.124. The molecule has 2 aromatic rings. The molecule has 1 atom stereocenters. The van der Waals surface area contributed by atoms with Crippen molar-refractivity contribution >= 4 is 17.2 Å². The zero-order chi connectivity index (χ0) is 16.9. The number of rotatable bonds is 5. The van der Waals surface area contributed by atoms with Crippen molar-refractivity contribution in [1.29, 1.82) is 0 Å². The predicted molar refractivity (Wildman–Crippen MR) is 98.2 cm³/mol. The molecule has 1 amide bonds. The second-order valence-electron chi connectivity index (χ2n) is 6.63. The van der Waals surface area contributed by atoms with E-state index in [4.69, 9.17) is 0 Å². The second kappa shape index (κ2) is 7.90. The lowest BCUT2D eigenvalue weighted by molar-refractivity contribution is -0.125. The normalized spacial score (nSPS) is 19.3. The zero-order valence-corrected chi connectivity index (χ0v) is 15.2. The summed E-state index contributed by atoms with van der Waals surface area (Å²) in [5.41, 5.74) is 1.20. The van der Waals surface area contributed by atoms with Gasteiger partial charge in [-0.2, -0.15) is 0 Å². The molecule has 1 aromatic heterocycles. The summed E-state index contributed by atoms with van der Waals surface area (Å²) in [5.74, 6) is 0.640. The van der Waals surface area contributed by atoms with Crippen molar-refractivity contribution < 1.29 is 4.79 Å². The number of hydrogen-bond donors (Lipinski definition) is 1. The van der Waals surface area contributed by atoms with Gasteiger partial charge in [0, 0.05) is 24.2 Å². The molecule has 0 saturated carbocycles. The Morgan fingerprint density at radius 1 is 1.33 bits per heavy atom. The lowest BCUT2D eigenvalue weighted by Gasteiger charge is -2.27. The van der Waals surface area contributed by atoms with Crippen LogP contribution in [0.15, 0.2) is 36.5 Å². The highest BCUT2D eigenvalue weighted by atomic mass is 32.1. The van der Waals surface area contributed by atoms with E-state index in [1.54, 1.807) is 11.3 Å². The number of benzene rings is 1. The molecule has 1 saturated heterocycles. The van der Waals surface area contributed by atoms with E-state index < -0.39 is 0 Å². The van der Waals surface area contributed by atoms with Crippen LogP contribution in [-0.2, 0) is 17.8 Å². The van der Waals surface area contributed by atoms with Crippen molar-refractivity contribution in [2.45, 2.75) is 45.2 Å². The number of carbonyl (C=O) groups excluding carboxylic acids is 1. The lowest BCUT2D eigenvalue weighted by Crippen LogP contribution is -2.45. The van der Waals surface area contributed by atoms with Crippen molar-refractivity contribution in [3.8, 4) is 0 Å². The van der Waals surface area contributed by atoms with E-state index >= 15 is 0 Å². The third kappa shape index (κ3) is 4.22. The monoisotopic (exact) mass is 343 g/mol. The Balaban J connectivity index is 1.77. The SMILES string of the molecule is CC(C)c1cnc(CN2CCCNC(=O)C2Cc2ccccc2)s1. The topological polar surface area (TPSA) is 45.2 Å². The van der Waals surface area contributed by atoms with Gasteiger partial charge in [-0.05, 0) is 24.3 Å². The number of aromatic nitrogens is 1. The molecule has 0 aliphatic carbocycles. The lowest BCUT2D eigenvalue weighted by atomic mass is 10.0. The van der Waals surface area contributed by atoms with Crippen LogP contribution in [-0.4, -0.2) is 34.9 Å². The van der Waals surface area contributed by atoms with E-state index in [2.05, 4.69) is 41.2 Å². The van der Waals surface area contributed by atoms with Gasteiger partial charge in [-0.3, -0.25) is 9.69 Å². The summed E-state index contributed by atoms with van der Waals surface area (Å²) in [4.78, 5) is 20.7. The van der Waals surface area contributed by atoms with E-state index in [0.29, 0.717) is 5.92 Å². The molecular weight excluding hydrogens is 318 g/mol. The fraction of sp³-hybridized carbons (Fsp3) is 0.474. The summed E-state index contributed by atoms with van der Waals surface area (Å²) in [6.07, 6.45) is 3.71. The Kier molecular flexibility index (Phi) is 5.63. The molecule has 0 spiro atoms. The molecule has 1 N–H and O–H groups in total. The highest BCUT2D eigenvalue weighted by molar-refractivity contribution is 7.11. The Morgan fingerprint density at radius 3 is 2.83 bits per heavy atom. The van der Waals surface area contributed by atoms with Gasteiger partial charge in [-0.25, -0.2) is 4.98 Å². The van der Waals surface area contributed by atoms with Gasteiger partial charge in [0.25, 0.3) is 0 Å². The van der Waals surface area contributed by atoms with E-state index in [1.165, 1.54) is 10.4 Å². The van der Waals surface area contributed by atoms with Crippen LogP contribution in [0.2, 0.25) is 0 Å². The largest absolute Gasteiger partial charge is 0.355 e. The summed E-state index contributed by atoms with van der Waals surface area (Å²) >= 11 is 1.77. The number of carbonyl (C=O) groups is 1. The number of amides is 1.